The maximum Gasteiger partial charge on any atom is 0.272 e. The number of thioether (sulfide) groups is 1. The molecule has 15 heavy (non-hydrogen) atoms. The predicted molar refractivity (Wildman–Crippen MR) is 53.4 cm³/mol. The molecule has 0 aliphatic carbocycles. The third-order valence-corrected chi connectivity index (χ3v) is 3.48. The Labute approximate surface area is 89.7 Å². The monoisotopic (exact) mass is 225 g/mol. The van der Waals surface area contributed by atoms with E-state index in [2.05, 4.69) is 4.98 Å². The molecule has 0 saturated carbocycles. The molecule has 0 spiro atoms. The lowest BCUT2D eigenvalue weighted by Crippen LogP contribution is -2.30. The van der Waals surface area contributed by atoms with Crippen LogP contribution in [-0.2, 0) is 6.54 Å². The number of fused-ring (bicyclic) bond motifs is 1. The summed E-state index contributed by atoms with van der Waals surface area (Å²) in [7, 11) is 0. The molecule has 0 fully saturated rings. The normalized spacial score (nSPS) is 19.3. The molecule has 0 aromatic carbocycles. The highest BCUT2D eigenvalue weighted by atomic mass is 32.2. The van der Waals surface area contributed by atoms with Crippen molar-refractivity contribution in [2.45, 2.75) is 23.4 Å². The molecule has 0 N–H and O–H groups in total. The molecule has 6 heteroatoms. The van der Waals surface area contributed by atoms with E-state index in [1.54, 1.807) is 6.07 Å². The van der Waals surface area contributed by atoms with Gasteiger partial charge in [0.2, 0.25) is 0 Å². The summed E-state index contributed by atoms with van der Waals surface area (Å²) in [6, 6.07) is 1.79. The number of hydrogen-bond donors (Lipinski definition) is 0. The zero-order chi connectivity index (χ0) is 10.8. The van der Waals surface area contributed by atoms with Gasteiger partial charge in [0.1, 0.15) is 18.3 Å². The highest BCUT2D eigenvalue weighted by molar-refractivity contribution is 7.99. The summed E-state index contributed by atoms with van der Waals surface area (Å²) < 4.78 is 13.9. The van der Waals surface area contributed by atoms with Gasteiger partial charge in [-0.1, -0.05) is 11.8 Å². The number of aromatic nitrogens is 2. The van der Waals surface area contributed by atoms with E-state index in [1.165, 1.54) is 22.5 Å². The number of hydrogen-bond acceptors (Lipinski definition) is 4. The van der Waals surface area contributed by atoms with Crippen LogP contribution in [-0.4, -0.2) is 21.5 Å². The average Bonchev–Trinajstić information content (AvgIpc) is 2.29. The summed E-state index contributed by atoms with van der Waals surface area (Å²) in [6.07, 6.45) is 1.85. The Morgan fingerprint density at radius 2 is 2.60 bits per heavy atom. The maximum absolute atomic E-state index is 12.4. The number of nitrogens with zero attached hydrogens (tertiary/aromatic N) is 3. The molecule has 0 amide bonds. The molecular weight excluding hydrogens is 217 g/mol. The second kappa shape index (κ2) is 4.03. The SMILES string of the molecule is N#Cc1cnc2n(c1=O)CCC(CF)S2. The van der Waals surface area contributed by atoms with E-state index in [0.29, 0.717) is 18.1 Å². The summed E-state index contributed by atoms with van der Waals surface area (Å²) in [5.41, 5.74) is -0.287. The zero-order valence-corrected chi connectivity index (χ0v) is 8.63. The lowest BCUT2D eigenvalue weighted by atomic mass is 10.3. The van der Waals surface area contributed by atoms with Crippen LogP contribution in [0.3, 0.4) is 0 Å². The van der Waals surface area contributed by atoms with Crippen LogP contribution >= 0.6 is 11.8 Å². The van der Waals surface area contributed by atoms with E-state index in [-0.39, 0.29) is 16.4 Å². The van der Waals surface area contributed by atoms with Gasteiger partial charge in [0, 0.05) is 11.8 Å². The fourth-order valence-electron chi connectivity index (χ4n) is 1.43. The number of nitriles is 1. The van der Waals surface area contributed by atoms with Crippen molar-refractivity contribution in [1.82, 2.24) is 9.55 Å². The van der Waals surface area contributed by atoms with Crippen LogP contribution in [0.4, 0.5) is 4.39 Å². The van der Waals surface area contributed by atoms with Gasteiger partial charge in [-0.05, 0) is 6.42 Å². The van der Waals surface area contributed by atoms with Crippen LogP contribution in [0.25, 0.3) is 0 Å². The summed E-state index contributed by atoms with van der Waals surface area (Å²) in [6.45, 7) is 0.0266. The minimum Gasteiger partial charge on any atom is -0.286 e. The fourth-order valence-corrected chi connectivity index (χ4v) is 2.43. The molecule has 1 aromatic rings. The van der Waals surface area contributed by atoms with Crippen molar-refractivity contribution in [3.8, 4) is 6.07 Å². The molecule has 0 bridgehead atoms. The van der Waals surface area contributed by atoms with Crippen molar-refractivity contribution >= 4 is 11.8 Å². The van der Waals surface area contributed by atoms with E-state index >= 15 is 0 Å². The maximum atomic E-state index is 12.4. The van der Waals surface area contributed by atoms with Crippen molar-refractivity contribution in [3.05, 3.63) is 22.1 Å². The largest absolute Gasteiger partial charge is 0.286 e. The minimum atomic E-state index is -0.416. The molecule has 2 heterocycles. The summed E-state index contributed by atoms with van der Waals surface area (Å²) in [4.78, 5) is 15.6. The second-order valence-electron chi connectivity index (χ2n) is 3.21. The minimum absolute atomic E-state index is 0.0399. The Morgan fingerprint density at radius 3 is 3.27 bits per heavy atom. The second-order valence-corrected chi connectivity index (χ2v) is 4.47. The summed E-state index contributed by atoms with van der Waals surface area (Å²) in [5.74, 6) is 0. The molecule has 1 atom stereocenters. The number of alkyl halides is 1. The van der Waals surface area contributed by atoms with Crippen molar-refractivity contribution in [2.24, 2.45) is 0 Å². The molecule has 0 saturated heterocycles. The quantitative estimate of drug-likeness (QED) is 0.668. The highest BCUT2D eigenvalue weighted by Gasteiger charge is 2.21. The Bertz CT molecular complexity index is 479. The highest BCUT2D eigenvalue weighted by Crippen LogP contribution is 2.28. The average molecular weight is 225 g/mol. The Hall–Kier alpha value is -1.35. The topological polar surface area (TPSA) is 58.7 Å². The molecular formula is C9H8FN3OS. The van der Waals surface area contributed by atoms with Crippen LogP contribution < -0.4 is 5.56 Å². The molecule has 1 aliphatic rings. The van der Waals surface area contributed by atoms with Gasteiger partial charge in [-0.3, -0.25) is 9.36 Å². The molecule has 4 nitrogen and oxygen atoms in total. The van der Waals surface area contributed by atoms with Gasteiger partial charge in [0.05, 0.1) is 6.20 Å². The van der Waals surface area contributed by atoms with Crippen LogP contribution in [0.2, 0.25) is 0 Å². The van der Waals surface area contributed by atoms with Gasteiger partial charge in [-0.25, -0.2) is 9.37 Å². The molecule has 1 aromatic heterocycles. The van der Waals surface area contributed by atoms with Crippen molar-refractivity contribution in [3.63, 3.8) is 0 Å². The Kier molecular flexibility index (Phi) is 2.73. The van der Waals surface area contributed by atoms with Crippen LogP contribution in [0, 0.1) is 11.3 Å². The van der Waals surface area contributed by atoms with Gasteiger partial charge in [-0.15, -0.1) is 0 Å². The summed E-state index contributed by atoms with van der Waals surface area (Å²) >= 11 is 1.26. The zero-order valence-electron chi connectivity index (χ0n) is 7.81. The molecule has 2 rings (SSSR count). The standard InChI is InChI=1S/C9H8FN3OS/c10-3-7-1-2-13-8(14)6(4-11)5-12-9(13)15-7/h5,7H,1-3H2. The lowest BCUT2D eigenvalue weighted by Gasteiger charge is -2.21. The lowest BCUT2D eigenvalue weighted by molar-refractivity contribution is 0.432. The first-order valence-electron chi connectivity index (χ1n) is 4.49. The van der Waals surface area contributed by atoms with Gasteiger partial charge < -0.3 is 0 Å². The Morgan fingerprint density at radius 1 is 1.80 bits per heavy atom. The fraction of sp³-hybridized carbons (Fsp3) is 0.444. The number of halogens is 1. The van der Waals surface area contributed by atoms with E-state index in [0.717, 1.165) is 0 Å². The van der Waals surface area contributed by atoms with Crippen molar-refractivity contribution in [1.29, 1.82) is 5.26 Å². The van der Waals surface area contributed by atoms with Crippen molar-refractivity contribution in [2.75, 3.05) is 6.67 Å². The van der Waals surface area contributed by atoms with E-state index in [4.69, 9.17) is 5.26 Å². The van der Waals surface area contributed by atoms with Gasteiger partial charge in [0.15, 0.2) is 5.16 Å². The van der Waals surface area contributed by atoms with Crippen molar-refractivity contribution < 1.29 is 4.39 Å². The van der Waals surface area contributed by atoms with Crippen LogP contribution in [0.1, 0.15) is 12.0 Å². The molecule has 1 unspecified atom stereocenters. The van der Waals surface area contributed by atoms with Crippen LogP contribution in [0.5, 0.6) is 0 Å². The third-order valence-electron chi connectivity index (χ3n) is 2.25. The molecule has 78 valence electrons. The first-order valence-corrected chi connectivity index (χ1v) is 5.36. The predicted octanol–water partition coefficient (Wildman–Crippen LogP) is 0.949. The van der Waals surface area contributed by atoms with Crippen LogP contribution in [0.15, 0.2) is 16.1 Å². The van der Waals surface area contributed by atoms with E-state index in [1.807, 2.05) is 0 Å². The van der Waals surface area contributed by atoms with Gasteiger partial charge >= 0.3 is 0 Å². The Balaban J connectivity index is 2.45. The number of rotatable bonds is 1. The van der Waals surface area contributed by atoms with Gasteiger partial charge in [-0.2, -0.15) is 5.26 Å². The van der Waals surface area contributed by atoms with E-state index < -0.39 is 6.67 Å². The summed E-state index contributed by atoms with van der Waals surface area (Å²) in [5, 5.41) is 9.03. The third kappa shape index (κ3) is 1.75. The smallest absolute Gasteiger partial charge is 0.272 e. The molecule has 0 radical (unpaired) electrons. The first kappa shape index (κ1) is 10.2. The van der Waals surface area contributed by atoms with Gasteiger partial charge in [0.25, 0.3) is 5.56 Å². The van der Waals surface area contributed by atoms with E-state index in [9.17, 15) is 9.18 Å². The first-order chi connectivity index (χ1) is 7.26. The molecule has 1 aliphatic heterocycles.